The van der Waals surface area contributed by atoms with E-state index >= 15 is 0 Å². The van der Waals surface area contributed by atoms with Gasteiger partial charge in [0.05, 0.1) is 0 Å². The summed E-state index contributed by atoms with van der Waals surface area (Å²) in [5, 5.41) is 0. The van der Waals surface area contributed by atoms with Gasteiger partial charge in [-0.2, -0.15) is 0 Å². The minimum Gasteiger partial charge on any atom is -0.0744 e. The van der Waals surface area contributed by atoms with Crippen LogP contribution in [-0.4, -0.2) is 0 Å². The summed E-state index contributed by atoms with van der Waals surface area (Å²) in [6.07, 6.45) is 9.43. The second kappa shape index (κ2) is 3.08. The lowest BCUT2D eigenvalue weighted by atomic mass is 9.98. The van der Waals surface area contributed by atoms with Crippen LogP contribution in [0.2, 0.25) is 0 Å². The largest absolute Gasteiger partial charge is 0.0744 e. The van der Waals surface area contributed by atoms with Gasteiger partial charge in [-0.25, -0.2) is 0 Å². The molecule has 2 rings (SSSR count). The molecule has 0 saturated carbocycles. The third-order valence-corrected chi connectivity index (χ3v) is 3.29. The number of allylic oxidation sites excluding steroid dienone is 4. The number of rotatable bonds is 0. The molecule has 0 aromatic heterocycles. The smallest absolute Gasteiger partial charge is 0.00399 e. The molecule has 0 heterocycles. The minimum atomic E-state index is 0.748. The zero-order valence-electron chi connectivity index (χ0n) is 8.19. The van der Waals surface area contributed by atoms with Crippen molar-refractivity contribution in [3.8, 4) is 0 Å². The van der Waals surface area contributed by atoms with Crippen molar-refractivity contribution in [3.05, 3.63) is 22.8 Å². The average Bonchev–Trinajstić information content (AvgIpc) is 2.29. The van der Waals surface area contributed by atoms with Crippen LogP contribution in [0.15, 0.2) is 22.8 Å². The first-order chi connectivity index (χ1) is 5.79. The van der Waals surface area contributed by atoms with Crippen molar-refractivity contribution in [2.24, 2.45) is 5.92 Å². The summed E-state index contributed by atoms with van der Waals surface area (Å²) >= 11 is 0. The van der Waals surface area contributed by atoms with Crippen LogP contribution in [-0.2, 0) is 0 Å². The Morgan fingerprint density at radius 1 is 1.17 bits per heavy atom. The van der Waals surface area contributed by atoms with Crippen molar-refractivity contribution in [3.63, 3.8) is 0 Å². The van der Waals surface area contributed by atoms with E-state index in [2.05, 4.69) is 19.9 Å². The SMILES string of the molecule is CC1=CC(C)C2=C1CCCCC2. The van der Waals surface area contributed by atoms with Gasteiger partial charge in [0.15, 0.2) is 0 Å². The summed E-state index contributed by atoms with van der Waals surface area (Å²) in [6.45, 7) is 4.63. The van der Waals surface area contributed by atoms with Crippen molar-refractivity contribution in [1.29, 1.82) is 0 Å². The molecular weight excluding hydrogens is 144 g/mol. The Morgan fingerprint density at radius 3 is 2.75 bits per heavy atom. The maximum absolute atomic E-state index is 2.44. The molecule has 2 aliphatic rings. The Kier molecular flexibility index (Phi) is 2.08. The predicted molar refractivity (Wildman–Crippen MR) is 53.0 cm³/mol. The van der Waals surface area contributed by atoms with Crippen LogP contribution in [0.4, 0.5) is 0 Å². The second-order valence-corrected chi connectivity index (χ2v) is 4.20. The van der Waals surface area contributed by atoms with Crippen molar-refractivity contribution in [2.45, 2.75) is 46.0 Å². The van der Waals surface area contributed by atoms with Gasteiger partial charge in [0.2, 0.25) is 0 Å². The van der Waals surface area contributed by atoms with Crippen molar-refractivity contribution in [1.82, 2.24) is 0 Å². The molecular formula is C12H18. The van der Waals surface area contributed by atoms with Gasteiger partial charge in [0.1, 0.15) is 0 Å². The van der Waals surface area contributed by atoms with Gasteiger partial charge in [-0.3, -0.25) is 0 Å². The van der Waals surface area contributed by atoms with E-state index in [1.807, 2.05) is 0 Å². The molecule has 66 valence electrons. The standard InChI is InChI=1S/C12H18/c1-9-8-10(2)12-7-5-3-4-6-11(9)12/h8-9H,3-7H2,1-2H3. The molecule has 0 fully saturated rings. The summed E-state index contributed by atoms with van der Waals surface area (Å²) < 4.78 is 0. The fourth-order valence-corrected chi connectivity index (χ4v) is 2.63. The molecule has 0 aliphatic heterocycles. The Morgan fingerprint density at radius 2 is 1.92 bits per heavy atom. The normalized spacial score (nSPS) is 29.8. The molecule has 1 atom stereocenters. The predicted octanol–water partition coefficient (Wildman–Crippen LogP) is 3.84. The van der Waals surface area contributed by atoms with Gasteiger partial charge in [0, 0.05) is 0 Å². The van der Waals surface area contributed by atoms with Gasteiger partial charge in [-0.05, 0) is 44.1 Å². The molecule has 0 spiro atoms. The lowest BCUT2D eigenvalue weighted by Gasteiger charge is -2.07. The Bertz CT molecular complexity index is 243. The van der Waals surface area contributed by atoms with E-state index in [9.17, 15) is 0 Å². The lowest BCUT2D eigenvalue weighted by molar-refractivity contribution is 0.684. The quantitative estimate of drug-likeness (QED) is 0.507. The molecule has 1 unspecified atom stereocenters. The lowest BCUT2D eigenvalue weighted by Crippen LogP contribution is -1.92. The average molecular weight is 162 g/mol. The van der Waals surface area contributed by atoms with E-state index < -0.39 is 0 Å². The summed E-state index contributed by atoms with van der Waals surface area (Å²) in [6, 6.07) is 0. The van der Waals surface area contributed by atoms with Crippen LogP contribution in [0.1, 0.15) is 46.0 Å². The molecule has 0 radical (unpaired) electrons. The highest BCUT2D eigenvalue weighted by molar-refractivity contribution is 5.43. The fraction of sp³-hybridized carbons (Fsp3) is 0.667. The van der Waals surface area contributed by atoms with Crippen LogP contribution in [0, 0.1) is 5.92 Å². The van der Waals surface area contributed by atoms with E-state index in [1.165, 1.54) is 32.1 Å². The van der Waals surface area contributed by atoms with E-state index in [0.29, 0.717) is 0 Å². The zero-order chi connectivity index (χ0) is 8.55. The summed E-state index contributed by atoms with van der Waals surface area (Å²) in [7, 11) is 0. The van der Waals surface area contributed by atoms with Crippen LogP contribution in [0.3, 0.4) is 0 Å². The third kappa shape index (κ3) is 1.24. The molecule has 0 bridgehead atoms. The second-order valence-electron chi connectivity index (χ2n) is 4.20. The van der Waals surface area contributed by atoms with Crippen LogP contribution < -0.4 is 0 Å². The van der Waals surface area contributed by atoms with Crippen LogP contribution >= 0.6 is 0 Å². The molecule has 12 heavy (non-hydrogen) atoms. The third-order valence-electron chi connectivity index (χ3n) is 3.29. The topological polar surface area (TPSA) is 0 Å². The highest BCUT2D eigenvalue weighted by Crippen LogP contribution is 2.38. The first-order valence-electron chi connectivity index (χ1n) is 5.20. The summed E-state index contributed by atoms with van der Waals surface area (Å²) in [5.41, 5.74) is 5.03. The molecule has 0 nitrogen and oxygen atoms in total. The Balaban J connectivity index is 2.28. The molecule has 0 N–H and O–H groups in total. The highest BCUT2D eigenvalue weighted by atomic mass is 14.3. The molecule has 2 aliphatic carbocycles. The maximum atomic E-state index is 2.44. The summed E-state index contributed by atoms with van der Waals surface area (Å²) in [5.74, 6) is 0.748. The Labute approximate surface area is 75.4 Å². The molecule has 0 aromatic carbocycles. The van der Waals surface area contributed by atoms with Gasteiger partial charge in [0.25, 0.3) is 0 Å². The number of hydrogen-bond acceptors (Lipinski definition) is 0. The van der Waals surface area contributed by atoms with Gasteiger partial charge in [-0.1, -0.05) is 30.6 Å². The van der Waals surface area contributed by atoms with Gasteiger partial charge in [-0.15, -0.1) is 0 Å². The van der Waals surface area contributed by atoms with E-state index in [4.69, 9.17) is 0 Å². The molecule has 0 aromatic rings. The van der Waals surface area contributed by atoms with Crippen molar-refractivity contribution in [2.75, 3.05) is 0 Å². The zero-order valence-corrected chi connectivity index (χ0v) is 8.19. The van der Waals surface area contributed by atoms with Crippen LogP contribution in [0.5, 0.6) is 0 Å². The molecule has 0 heteroatoms. The minimum absolute atomic E-state index is 0.748. The molecule has 0 amide bonds. The van der Waals surface area contributed by atoms with E-state index in [0.717, 1.165) is 5.92 Å². The first-order valence-corrected chi connectivity index (χ1v) is 5.20. The molecule has 0 saturated heterocycles. The monoisotopic (exact) mass is 162 g/mol. The van der Waals surface area contributed by atoms with E-state index in [-0.39, 0.29) is 0 Å². The van der Waals surface area contributed by atoms with E-state index in [1.54, 1.807) is 16.7 Å². The fourth-order valence-electron chi connectivity index (χ4n) is 2.63. The Hall–Kier alpha value is -0.520. The summed E-state index contributed by atoms with van der Waals surface area (Å²) in [4.78, 5) is 0. The van der Waals surface area contributed by atoms with Crippen molar-refractivity contribution >= 4 is 0 Å². The highest BCUT2D eigenvalue weighted by Gasteiger charge is 2.21. The van der Waals surface area contributed by atoms with Gasteiger partial charge >= 0.3 is 0 Å². The first kappa shape index (κ1) is 8.10. The maximum Gasteiger partial charge on any atom is -0.00399 e. The van der Waals surface area contributed by atoms with Gasteiger partial charge < -0.3 is 0 Å². The van der Waals surface area contributed by atoms with Crippen LogP contribution in [0.25, 0.3) is 0 Å². The number of hydrogen-bond donors (Lipinski definition) is 0. The van der Waals surface area contributed by atoms with Crippen molar-refractivity contribution < 1.29 is 0 Å².